The Bertz CT molecular complexity index is 1420. The van der Waals surface area contributed by atoms with E-state index in [4.69, 9.17) is 9.15 Å². The number of morpholine rings is 1. The van der Waals surface area contributed by atoms with Gasteiger partial charge in [0.1, 0.15) is 17.9 Å². The second-order valence-electron chi connectivity index (χ2n) is 10.8. The van der Waals surface area contributed by atoms with Gasteiger partial charge in [0.15, 0.2) is 0 Å². The van der Waals surface area contributed by atoms with Gasteiger partial charge in [-0.05, 0) is 36.0 Å². The lowest BCUT2D eigenvalue weighted by Crippen LogP contribution is -2.45. The number of carbonyl (C=O) groups excluding carboxylic acids is 1. The molecule has 202 valence electrons. The number of allylic oxidation sites excluding steroid dienone is 4. The zero-order chi connectivity index (χ0) is 26.2. The summed E-state index contributed by atoms with van der Waals surface area (Å²) in [5.74, 6) is 2.84. The molecule has 0 radical (unpaired) electrons. The smallest absolute Gasteiger partial charge is 0.254 e. The number of furan rings is 1. The van der Waals surface area contributed by atoms with Crippen LogP contribution in [0.3, 0.4) is 0 Å². The molecule has 2 saturated heterocycles. The summed E-state index contributed by atoms with van der Waals surface area (Å²) in [5, 5.41) is 7.90. The number of fused-ring (bicyclic) bond motifs is 2. The number of nitrogens with one attached hydrogen (secondary N) is 2. The lowest BCUT2D eigenvalue weighted by atomic mass is 9.94. The monoisotopic (exact) mass is 526 g/mol. The third-order valence-electron chi connectivity index (χ3n) is 8.21. The zero-order valence-corrected chi connectivity index (χ0v) is 22.1. The summed E-state index contributed by atoms with van der Waals surface area (Å²) in [6, 6.07) is 7.74. The van der Waals surface area contributed by atoms with Crippen LogP contribution in [0.15, 0.2) is 53.2 Å². The van der Waals surface area contributed by atoms with E-state index in [1.807, 2.05) is 29.2 Å². The van der Waals surface area contributed by atoms with Crippen LogP contribution in [-0.2, 0) is 4.74 Å². The molecule has 4 aliphatic rings. The van der Waals surface area contributed by atoms with Crippen LogP contribution in [-0.4, -0.2) is 91.2 Å². The average molecular weight is 527 g/mol. The highest BCUT2D eigenvalue weighted by molar-refractivity contribution is 6.04. The van der Waals surface area contributed by atoms with Gasteiger partial charge in [-0.25, -0.2) is 9.97 Å². The van der Waals surface area contributed by atoms with Gasteiger partial charge in [-0.3, -0.25) is 9.69 Å². The highest BCUT2D eigenvalue weighted by Gasteiger charge is 2.36. The SMILES string of the molecule is O=C(c1ccc(-c2oc3ncnc(NCCN4CCNCC4)c3c2C2=CC3CC3C=C2)cc1)N1CCOCC1. The van der Waals surface area contributed by atoms with Crippen molar-refractivity contribution in [3.05, 3.63) is 59.9 Å². The van der Waals surface area contributed by atoms with E-state index in [9.17, 15) is 4.79 Å². The van der Waals surface area contributed by atoms with Gasteiger partial charge in [-0.2, -0.15) is 0 Å². The predicted octanol–water partition coefficient (Wildman–Crippen LogP) is 3.27. The lowest BCUT2D eigenvalue weighted by Gasteiger charge is -2.27. The highest BCUT2D eigenvalue weighted by atomic mass is 16.5. The molecule has 7 rings (SSSR count). The van der Waals surface area contributed by atoms with Crippen LogP contribution in [0.1, 0.15) is 22.3 Å². The van der Waals surface area contributed by atoms with Crippen LogP contribution in [0.2, 0.25) is 0 Å². The summed E-state index contributed by atoms with van der Waals surface area (Å²) in [7, 11) is 0. The predicted molar refractivity (Wildman–Crippen MR) is 150 cm³/mol. The highest BCUT2D eigenvalue weighted by Crippen LogP contribution is 2.49. The fourth-order valence-electron chi connectivity index (χ4n) is 5.86. The Morgan fingerprint density at radius 3 is 2.67 bits per heavy atom. The van der Waals surface area contributed by atoms with Crippen LogP contribution in [0.4, 0.5) is 5.82 Å². The summed E-state index contributed by atoms with van der Waals surface area (Å²) >= 11 is 0. The van der Waals surface area contributed by atoms with Crippen molar-refractivity contribution in [1.29, 1.82) is 0 Å². The van der Waals surface area contributed by atoms with Crippen molar-refractivity contribution in [2.24, 2.45) is 11.8 Å². The second kappa shape index (κ2) is 10.6. The van der Waals surface area contributed by atoms with E-state index in [0.29, 0.717) is 49.4 Å². The molecular formula is C30H34N6O3. The van der Waals surface area contributed by atoms with Gasteiger partial charge in [-0.1, -0.05) is 30.4 Å². The topological polar surface area (TPSA) is 95.8 Å². The normalized spacial score (nSPS) is 23.0. The first-order valence-electron chi connectivity index (χ1n) is 14.1. The molecule has 0 spiro atoms. The molecule has 39 heavy (non-hydrogen) atoms. The minimum Gasteiger partial charge on any atom is -0.437 e. The summed E-state index contributed by atoms with van der Waals surface area (Å²) < 4.78 is 11.8. The number of rotatable bonds is 7. The number of hydrogen-bond donors (Lipinski definition) is 2. The first-order chi connectivity index (χ1) is 19.2. The van der Waals surface area contributed by atoms with E-state index >= 15 is 0 Å². The quantitative estimate of drug-likeness (QED) is 0.485. The molecule has 2 aliphatic carbocycles. The van der Waals surface area contributed by atoms with Gasteiger partial charge in [0.25, 0.3) is 5.91 Å². The average Bonchev–Trinajstić information content (AvgIpc) is 3.67. The zero-order valence-electron chi connectivity index (χ0n) is 22.1. The molecule has 2 N–H and O–H groups in total. The van der Waals surface area contributed by atoms with Crippen molar-refractivity contribution < 1.29 is 13.9 Å². The third-order valence-corrected chi connectivity index (χ3v) is 8.21. The number of carbonyl (C=O) groups is 1. The summed E-state index contributed by atoms with van der Waals surface area (Å²) in [4.78, 5) is 26.5. The molecule has 9 heteroatoms. The third kappa shape index (κ3) is 4.97. The molecule has 4 heterocycles. The molecule has 2 unspecified atom stereocenters. The van der Waals surface area contributed by atoms with Gasteiger partial charge in [0.05, 0.1) is 18.6 Å². The minimum atomic E-state index is 0.0363. The number of amides is 1. The molecule has 2 aliphatic heterocycles. The Labute approximate surface area is 227 Å². The minimum absolute atomic E-state index is 0.0363. The number of aromatic nitrogens is 2. The number of piperazine rings is 1. The summed E-state index contributed by atoms with van der Waals surface area (Å²) in [6.07, 6.45) is 9.67. The Morgan fingerprint density at radius 2 is 1.87 bits per heavy atom. The van der Waals surface area contributed by atoms with Gasteiger partial charge in [0, 0.05) is 69.0 Å². The van der Waals surface area contributed by atoms with Crippen LogP contribution < -0.4 is 10.6 Å². The Morgan fingerprint density at radius 1 is 1.05 bits per heavy atom. The number of nitrogens with zero attached hydrogens (tertiary/aromatic N) is 4. The number of benzene rings is 1. The van der Waals surface area contributed by atoms with Gasteiger partial charge >= 0.3 is 0 Å². The molecule has 1 amide bonds. The standard InChI is InChI=1S/C30H34N6O3/c37-30(36-13-15-38-16-14-36)21-3-1-20(2-4-21)27-25(23-6-5-22-17-24(22)18-23)26-28(33-19-34-29(26)39-27)32-9-12-35-10-7-31-8-11-35/h1-6,18-19,22,24,31H,7-17H2,(H,32,33,34). The first-order valence-corrected chi connectivity index (χ1v) is 14.1. The van der Waals surface area contributed by atoms with Crippen molar-refractivity contribution in [3.63, 3.8) is 0 Å². The summed E-state index contributed by atoms with van der Waals surface area (Å²) in [5.41, 5.74) is 4.33. The van der Waals surface area contributed by atoms with Crippen LogP contribution >= 0.6 is 0 Å². The second-order valence-corrected chi connectivity index (χ2v) is 10.8. The maximum atomic E-state index is 13.0. The van der Waals surface area contributed by atoms with Gasteiger partial charge in [0.2, 0.25) is 5.71 Å². The number of ether oxygens (including phenoxy) is 1. The lowest BCUT2D eigenvalue weighted by molar-refractivity contribution is 0.0303. The summed E-state index contributed by atoms with van der Waals surface area (Å²) in [6.45, 7) is 8.37. The van der Waals surface area contributed by atoms with E-state index in [2.05, 4.69) is 43.7 Å². The van der Waals surface area contributed by atoms with Crippen LogP contribution in [0, 0.1) is 11.8 Å². The van der Waals surface area contributed by atoms with Crippen molar-refractivity contribution >= 4 is 28.4 Å². The van der Waals surface area contributed by atoms with E-state index in [0.717, 1.165) is 72.9 Å². The van der Waals surface area contributed by atoms with Crippen LogP contribution in [0.25, 0.3) is 28.0 Å². The van der Waals surface area contributed by atoms with E-state index in [1.54, 1.807) is 6.33 Å². The Kier molecular flexibility index (Phi) is 6.64. The van der Waals surface area contributed by atoms with E-state index in [-0.39, 0.29) is 5.91 Å². The number of anilines is 1. The van der Waals surface area contributed by atoms with Crippen molar-refractivity contribution in [2.75, 3.05) is 70.9 Å². The fourth-order valence-corrected chi connectivity index (χ4v) is 5.86. The molecule has 3 aromatic rings. The van der Waals surface area contributed by atoms with Crippen molar-refractivity contribution in [3.8, 4) is 11.3 Å². The van der Waals surface area contributed by atoms with Crippen LogP contribution in [0.5, 0.6) is 0 Å². The number of hydrogen-bond acceptors (Lipinski definition) is 8. The van der Waals surface area contributed by atoms with E-state index < -0.39 is 0 Å². The van der Waals surface area contributed by atoms with E-state index in [1.165, 1.54) is 6.42 Å². The maximum Gasteiger partial charge on any atom is 0.254 e. The largest absolute Gasteiger partial charge is 0.437 e. The molecular weight excluding hydrogens is 492 g/mol. The molecule has 0 bridgehead atoms. The molecule has 2 aromatic heterocycles. The fraction of sp³-hybridized carbons (Fsp3) is 0.433. The van der Waals surface area contributed by atoms with Crippen molar-refractivity contribution in [1.82, 2.24) is 25.1 Å². The maximum absolute atomic E-state index is 13.0. The molecule has 3 fully saturated rings. The Balaban J connectivity index is 1.22. The van der Waals surface area contributed by atoms with Gasteiger partial charge in [-0.15, -0.1) is 0 Å². The Hall–Kier alpha value is -3.53. The first kappa shape index (κ1) is 24.5. The molecule has 1 aromatic carbocycles. The van der Waals surface area contributed by atoms with Crippen molar-refractivity contribution in [2.45, 2.75) is 6.42 Å². The molecule has 2 atom stereocenters. The molecule has 9 nitrogen and oxygen atoms in total. The van der Waals surface area contributed by atoms with Gasteiger partial charge < -0.3 is 24.7 Å². The molecule has 1 saturated carbocycles.